The molecule has 1 fully saturated rings. The van der Waals surface area contributed by atoms with Crippen LogP contribution in [0.25, 0.3) is 0 Å². The summed E-state index contributed by atoms with van der Waals surface area (Å²) in [4.78, 5) is 11.4. The molecule has 0 radical (unpaired) electrons. The van der Waals surface area contributed by atoms with Crippen molar-refractivity contribution in [3.05, 3.63) is 29.8 Å². The lowest BCUT2D eigenvalue weighted by molar-refractivity contribution is 0.0504. The van der Waals surface area contributed by atoms with Gasteiger partial charge in [-0.05, 0) is 37.5 Å². The average molecular weight is 266 g/mol. The van der Waals surface area contributed by atoms with E-state index in [1.165, 1.54) is 12.8 Å². The van der Waals surface area contributed by atoms with Gasteiger partial charge in [0, 0.05) is 13.2 Å². The number of hydrogen-bond donors (Lipinski definition) is 0. The number of rotatable bonds is 4. The molecule has 0 aliphatic carbocycles. The van der Waals surface area contributed by atoms with Crippen molar-refractivity contribution in [3.8, 4) is 5.75 Å². The lowest BCUT2D eigenvalue weighted by Crippen LogP contribution is -2.05. The SMILES string of the molecule is C1CCOC1.CCCOC(=O)c1cccc(OC)c1. The second-order valence-corrected chi connectivity index (χ2v) is 4.19. The van der Waals surface area contributed by atoms with E-state index >= 15 is 0 Å². The van der Waals surface area contributed by atoms with Crippen molar-refractivity contribution in [1.82, 2.24) is 0 Å². The summed E-state index contributed by atoms with van der Waals surface area (Å²) >= 11 is 0. The Kier molecular flexibility index (Phi) is 7.66. The van der Waals surface area contributed by atoms with E-state index in [0.717, 1.165) is 19.6 Å². The predicted molar refractivity (Wildman–Crippen MR) is 73.6 cm³/mol. The lowest BCUT2D eigenvalue weighted by atomic mass is 10.2. The van der Waals surface area contributed by atoms with Gasteiger partial charge < -0.3 is 14.2 Å². The molecule has 1 saturated heterocycles. The zero-order valence-electron chi connectivity index (χ0n) is 11.7. The van der Waals surface area contributed by atoms with Crippen LogP contribution in [0.2, 0.25) is 0 Å². The van der Waals surface area contributed by atoms with Crippen molar-refractivity contribution < 1.29 is 19.0 Å². The standard InChI is InChI=1S/C11H14O3.C4H8O/c1-3-7-14-11(12)9-5-4-6-10(8-9)13-2;1-2-4-5-3-1/h4-6,8H,3,7H2,1-2H3;1-4H2. The molecule has 0 amide bonds. The second-order valence-electron chi connectivity index (χ2n) is 4.19. The van der Waals surface area contributed by atoms with Crippen LogP contribution in [0, 0.1) is 0 Å². The highest BCUT2D eigenvalue weighted by molar-refractivity contribution is 5.89. The fraction of sp³-hybridized carbons (Fsp3) is 0.533. The normalized spacial score (nSPS) is 13.4. The minimum atomic E-state index is -0.300. The Balaban J connectivity index is 0.000000300. The summed E-state index contributed by atoms with van der Waals surface area (Å²) in [6.07, 6.45) is 3.38. The van der Waals surface area contributed by atoms with Crippen LogP contribution in [0.4, 0.5) is 0 Å². The summed E-state index contributed by atoms with van der Waals surface area (Å²) in [6, 6.07) is 6.93. The molecule has 19 heavy (non-hydrogen) atoms. The summed E-state index contributed by atoms with van der Waals surface area (Å²) in [5.74, 6) is 0.363. The van der Waals surface area contributed by atoms with E-state index in [1.54, 1.807) is 31.4 Å². The molecule has 2 rings (SSSR count). The topological polar surface area (TPSA) is 44.8 Å². The Morgan fingerprint density at radius 3 is 2.58 bits per heavy atom. The molecule has 1 aromatic rings. The van der Waals surface area contributed by atoms with Crippen molar-refractivity contribution in [2.45, 2.75) is 26.2 Å². The zero-order chi connectivity index (χ0) is 13.9. The van der Waals surface area contributed by atoms with Gasteiger partial charge in [-0.2, -0.15) is 0 Å². The maximum absolute atomic E-state index is 11.4. The van der Waals surface area contributed by atoms with Gasteiger partial charge >= 0.3 is 5.97 Å². The van der Waals surface area contributed by atoms with Gasteiger partial charge in [0.1, 0.15) is 5.75 Å². The van der Waals surface area contributed by atoms with Gasteiger partial charge in [0.15, 0.2) is 0 Å². The number of hydrogen-bond acceptors (Lipinski definition) is 4. The first-order valence-electron chi connectivity index (χ1n) is 6.67. The van der Waals surface area contributed by atoms with Gasteiger partial charge in [0.05, 0.1) is 19.3 Å². The molecule has 0 unspecified atom stereocenters. The lowest BCUT2D eigenvalue weighted by Gasteiger charge is -2.04. The van der Waals surface area contributed by atoms with Crippen molar-refractivity contribution in [1.29, 1.82) is 0 Å². The van der Waals surface area contributed by atoms with E-state index in [2.05, 4.69) is 0 Å². The molecule has 1 aliphatic rings. The minimum Gasteiger partial charge on any atom is -0.497 e. The smallest absolute Gasteiger partial charge is 0.338 e. The molecule has 0 bridgehead atoms. The predicted octanol–water partition coefficient (Wildman–Crippen LogP) is 3.06. The number of carbonyl (C=O) groups is 1. The molecule has 1 aliphatic heterocycles. The highest BCUT2D eigenvalue weighted by atomic mass is 16.5. The molecule has 0 spiro atoms. The third-order valence-corrected chi connectivity index (χ3v) is 2.57. The maximum Gasteiger partial charge on any atom is 0.338 e. The first-order valence-corrected chi connectivity index (χ1v) is 6.67. The van der Waals surface area contributed by atoms with Crippen LogP contribution in [0.3, 0.4) is 0 Å². The summed E-state index contributed by atoms with van der Waals surface area (Å²) in [5.41, 5.74) is 0.526. The van der Waals surface area contributed by atoms with Gasteiger partial charge in [-0.25, -0.2) is 4.79 Å². The molecule has 0 N–H and O–H groups in total. The second kappa shape index (κ2) is 9.39. The van der Waals surface area contributed by atoms with Crippen molar-refractivity contribution >= 4 is 5.97 Å². The van der Waals surface area contributed by atoms with E-state index in [-0.39, 0.29) is 5.97 Å². The van der Waals surface area contributed by atoms with Gasteiger partial charge in [0.25, 0.3) is 0 Å². The largest absolute Gasteiger partial charge is 0.497 e. The fourth-order valence-electron chi connectivity index (χ4n) is 1.54. The molecule has 1 aromatic carbocycles. The summed E-state index contributed by atoms with van der Waals surface area (Å²) in [6.45, 7) is 4.41. The van der Waals surface area contributed by atoms with E-state index in [1.807, 2.05) is 6.92 Å². The highest BCUT2D eigenvalue weighted by Crippen LogP contribution is 2.13. The van der Waals surface area contributed by atoms with Crippen molar-refractivity contribution in [2.75, 3.05) is 26.9 Å². The molecule has 0 aromatic heterocycles. The minimum absolute atomic E-state index is 0.300. The van der Waals surface area contributed by atoms with Crippen molar-refractivity contribution in [2.24, 2.45) is 0 Å². The third-order valence-electron chi connectivity index (χ3n) is 2.57. The number of methoxy groups -OCH3 is 1. The summed E-state index contributed by atoms with van der Waals surface area (Å²) < 4.78 is 14.9. The van der Waals surface area contributed by atoms with E-state index in [9.17, 15) is 4.79 Å². The molecule has 0 atom stereocenters. The quantitative estimate of drug-likeness (QED) is 0.786. The first-order chi connectivity index (χ1) is 9.27. The molecule has 4 nitrogen and oxygen atoms in total. The van der Waals surface area contributed by atoms with Crippen LogP contribution in [0.5, 0.6) is 5.75 Å². The fourth-order valence-corrected chi connectivity index (χ4v) is 1.54. The number of benzene rings is 1. The average Bonchev–Trinajstić information content (AvgIpc) is 3.04. The highest BCUT2D eigenvalue weighted by Gasteiger charge is 2.06. The Labute approximate surface area is 114 Å². The van der Waals surface area contributed by atoms with Gasteiger partial charge in [0.2, 0.25) is 0 Å². The maximum atomic E-state index is 11.4. The summed E-state index contributed by atoms with van der Waals surface area (Å²) in [5, 5.41) is 0. The number of ether oxygens (including phenoxy) is 3. The van der Waals surface area contributed by atoms with Crippen LogP contribution in [0.15, 0.2) is 24.3 Å². The van der Waals surface area contributed by atoms with Crippen LogP contribution >= 0.6 is 0 Å². The van der Waals surface area contributed by atoms with Crippen LogP contribution in [-0.4, -0.2) is 32.9 Å². The Bertz CT molecular complexity index is 365. The first kappa shape index (κ1) is 15.5. The molecule has 106 valence electrons. The Morgan fingerprint density at radius 1 is 1.32 bits per heavy atom. The third kappa shape index (κ3) is 6.25. The molecular weight excluding hydrogens is 244 g/mol. The summed E-state index contributed by atoms with van der Waals surface area (Å²) in [7, 11) is 1.57. The van der Waals surface area contributed by atoms with E-state index in [4.69, 9.17) is 14.2 Å². The van der Waals surface area contributed by atoms with E-state index in [0.29, 0.717) is 17.9 Å². The van der Waals surface area contributed by atoms with Gasteiger partial charge in [-0.1, -0.05) is 13.0 Å². The molecular formula is C15H22O4. The van der Waals surface area contributed by atoms with Gasteiger partial charge in [-0.3, -0.25) is 0 Å². The van der Waals surface area contributed by atoms with Crippen LogP contribution in [-0.2, 0) is 9.47 Å². The van der Waals surface area contributed by atoms with Crippen LogP contribution < -0.4 is 4.74 Å². The molecule has 0 saturated carbocycles. The molecule has 1 heterocycles. The van der Waals surface area contributed by atoms with Crippen molar-refractivity contribution in [3.63, 3.8) is 0 Å². The number of carbonyl (C=O) groups excluding carboxylic acids is 1. The van der Waals surface area contributed by atoms with Gasteiger partial charge in [-0.15, -0.1) is 0 Å². The van der Waals surface area contributed by atoms with Crippen LogP contribution in [0.1, 0.15) is 36.5 Å². The Morgan fingerprint density at radius 2 is 2.05 bits per heavy atom. The zero-order valence-corrected chi connectivity index (χ0v) is 11.7. The monoisotopic (exact) mass is 266 g/mol. The molecule has 4 heteroatoms. The Hall–Kier alpha value is -1.55. The number of esters is 1. The van der Waals surface area contributed by atoms with E-state index < -0.39 is 0 Å².